The molecule has 0 atom stereocenters. The van der Waals surface area contributed by atoms with Crippen molar-refractivity contribution >= 4 is 40.7 Å². The van der Waals surface area contributed by atoms with E-state index in [9.17, 15) is 9.59 Å². The van der Waals surface area contributed by atoms with Crippen molar-refractivity contribution in [2.24, 2.45) is 5.41 Å². The number of carbonyl (C=O) groups excluding carboxylic acids is 2. The van der Waals surface area contributed by atoms with Gasteiger partial charge in [0.1, 0.15) is 5.41 Å². The van der Waals surface area contributed by atoms with Crippen LogP contribution in [0.3, 0.4) is 0 Å². The molecule has 2 amide bonds. The number of amides is 2. The Balaban J connectivity index is 2.03. The minimum Gasteiger partial charge on any atom is -0.351 e. The van der Waals surface area contributed by atoms with Crippen molar-refractivity contribution in [1.29, 1.82) is 0 Å². The molecule has 0 aliphatic rings. The maximum absolute atomic E-state index is 12.5. The monoisotopic (exact) mass is 364 g/mol. The first-order valence-electron chi connectivity index (χ1n) is 7.39. The van der Waals surface area contributed by atoms with E-state index in [4.69, 9.17) is 23.2 Å². The largest absolute Gasteiger partial charge is 0.351 e. The summed E-state index contributed by atoms with van der Waals surface area (Å²) < 4.78 is 0. The van der Waals surface area contributed by atoms with Gasteiger partial charge in [-0.3, -0.25) is 9.59 Å². The molecule has 0 saturated carbocycles. The van der Waals surface area contributed by atoms with E-state index in [0.29, 0.717) is 22.3 Å². The summed E-state index contributed by atoms with van der Waals surface area (Å²) in [5.74, 6) is -0.834. The predicted octanol–water partition coefficient (Wildman–Crippen LogP) is 4.27. The van der Waals surface area contributed by atoms with Crippen LogP contribution in [0.2, 0.25) is 10.0 Å². The molecule has 2 aromatic rings. The summed E-state index contributed by atoms with van der Waals surface area (Å²) >= 11 is 11.9. The van der Waals surface area contributed by atoms with E-state index in [1.807, 2.05) is 30.3 Å². The van der Waals surface area contributed by atoms with Crippen LogP contribution in [0.1, 0.15) is 19.4 Å². The van der Waals surface area contributed by atoms with Gasteiger partial charge in [-0.25, -0.2) is 0 Å². The molecule has 0 heterocycles. The summed E-state index contributed by atoms with van der Waals surface area (Å²) in [4.78, 5) is 24.9. The Morgan fingerprint density at radius 3 is 2.33 bits per heavy atom. The van der Waals surface area contributed by atoms with Crippen molar-refractivity contribution in [3.05, 3.63) is 64.1 Å². The standard InChI is InChI=1S/C18H18Cl2N2O2/c1-18(2,16(23)21-11-12-6-4-3-5-7-12)17(24)22-15-10-13(19)8-9-14(15)20/h3-10H,11H2,1-2H3,(H,21,23)(H,22,24). The van der Waals surface area contributed by atoms with Crippen LogP contribution in [0.5, 0.6) is 0 Å². The highest BCUT2D eigenvalue weighted by molar-refractivity contribution is 6.35. The smallest absolute Gasteiger partial charge is 0.239 e. The van der Waals surface area contributed by atoms with Gasteiger partial charge in [0.2, 0.25) is 11.8 Å². The Bertz CT molecular complexity index is 746. The van der Waals surface area contributed by atoms with E-state index in [0.717, 1.165) is 5.56 Å². The SMILES string of the molecule is CC(C)(C(=O)NCc1ccccc1)C(=O)Nc1cc(Cl)ccc1Cl. The average Bonchev–Trinajstić information content (AvgIpc) is 2.56. The second-order valence-corrected chi connectivity index (χ2v) is 6.72. The van der Waals surface area contributed by atoms with Gasteiger partial charge in [-0.2, -0.15) is 0 Å². The van der Waals surface area contributed by atoms with E-state index in [1.54, 1.807) is 32.0 Å². The van der Waals surface area contributed by atoms with Gasteiger partial charge in [0.25, 0.3) is 0 Å². The lowest BCUT2D eigenvalue weighted by Gasteiger charge is -2.23. The quantitative estimate of drug-likeness (QED) is 0.778. The van der Waals surface area contributed by atoms with Crippen LogP contribution in [-0.2, 0) is 16.1 Å². The van der Waals surface area contributed by atoms with Gasteiger partial charge in [-0.1, -0.05) is 53.5 Å². The van der Waals surface area contributed by atoms with Crippen molar-refractivity contribution in [3.8, 4) is 0 Å². The van der Waals surface area contributed by atoms with Gasteiger partial charge in [-0.05, 0) is 37.6 Å². The van der Waals surface area contributed by atoms with Crippen molar-refractivity contribution < 1.29 is 9.59 Å². The summed E-state index contributed by atoms with van der Waals surface area (Å²) in [5, 5.41) is 6.23. The maximum atomic E-state index is 12.5. The molecular weight excluding hydrogens is 347 g/mol. The van der Waals surface area contributed by atoms with Crippen LogP contribution in [0.25, 0.3) is 0 Å². The van der Waals surface area contributed by atoms with Crippen LogP contribution in [0, 0.1) is 5.41 Å². The normalized spacial score (nSPS) is 11.0. The fraction of sp³-hybridized carbons (Fsp3) is 0.222. The second kappa shape index (κ2) is 7.69. The van der Waals surface area contributed by atoms with Gasteiger partial charge in [-0.15, -0.1) is 0 Å². The molecule has 0 spiro atoms. The zero-order valence-corrected chi connectivity index (χ0v) is 14.9. The number of carbonyl (C=O) groups is 2. The van der Waals surface area contributed by atoms with E-state index in [1.165, 1.54) is 0 Å². The van der Waals surface area contributed by atoms with E-state index < -0.39 is 11.3 Å². The number of benzene rings is 2. The Morgan fingerprint density at radius 2 is 1.67 bits per heavy atom. The summed E-state index contributed by atoms with van der Waals surface area (Å²) in [6, 6.07) is 14.2. The third kappa shape index (κ3) is 4.49. The number of halogens is 2. The lowest BCUT2D eigenvalue weighted by Crippen LogP contribution is -2.44. The molecule has 6 heteroatoms. The third-order valence-electron chi connectivity index (χ3n) is 3.61. The summed E-state index contributed by atoms with van der Waals surface area (Å²) in [6.45, 7) is 3.47. The summed E-state index contributed by atoms with van der Waals surface area (Å²) in [7, 11) is 0. The van der Waals surface area contributed by atoms with Crippen LogP contribution in [0.4, 0.5) is 5.69 Å². The van der Waals surface area contributed by atoms with Crippen molar-refractivity contribution in [2.75, 3.05) is 5.32 Å². The average molecular weight is 365 g/mol. The van der Waals surface area contributed by atoms with E-state index >= 15 is 0 Å². The zero-order chi connectivity index (χ0) is 17.7. The van der Waals surface area contributed by atoms with Crippen LogP contribution in [0.15, 0.2) is 48.5 Å². The molecule has 0 saturated heterocycles. The summed E-state index contributed by atoms with van der Waals surface area (Å²) in [5.41, 5.74) is 0.0681. The number of nitrogens with one attached hydrogen (secondary N) is 2. The Morgan fingerprint density at radius 1 is 1.00 bits per heavy atom. The number of hydrogen-bond acceptors (Lipinski definition) is 2. The molecule has 2 N–H and O–H groups in total. The molecule has 0 fully saturated rings. The summed E-state index contributed by atoms with van der Waals surface area (Å²) in [6.07, 6.45) is 0. The highest BCUT2D eigenvalue weighted by Crippen LogP contribution is 2.27. The van der Waals surface area contributed by atoms with Crippen molar-refractivity contribution in [2.45, 2.75) is 20.4 Å². The zero-order valence-electron chi connectivity index (χ0n) is 13.4. The van der Waals surface area contributed by atoms with Gasteiger partial charge < -0.3 is 10.6 Å². The Kier molecular flexibility index (Phi) is 5.86. The Labute approximate surface area is 151 Å². The van der Waals surface area contributed by atoms with Crippen molar-refractivity contribution in [1.82, 2.24) is 5.32 Å². The molecule has 126 valence electrons. The lowest BCUT2D eigenvalue weighted by atomic mass is 9.90. The minimum atomic E-state index is -1.26. The molecule has 0 radical (unpaired) electrons. The molecule has 0 aliphatic carbocycles. The molecule has 0 aromatic heterocycles. The topological polar surface area (TPSA) is 58.2 Å². The molecular formula is C18H18Cl2N2O2. The molecule has 2 rings (SSSR count). The van der Waals surface area contributed by atoms with Gasteiger partial charge in [0.15, 0.2) is 0 Å². The maximum Gasteiger partial charge on any atom is 0.239 e. The number of hydrogen-bond donors (Lipinski definition) is 2. The highest BCUT2D eigenvalue weighted by atomic mass is 35.5. The van der Waals surface area contributed by atoms with E-state index in [-0.39, 0.29) is 5.91 Å². The number of rotatable bonds is 5. The first-order valence-corrected chi connectivity index (χ1v) is 8.15. The van der Waals surface area contributed by atoms with Gasteiger partial charge in [0.05, 0.1) is 10.7 Å². The first-order chi connectivity index (χ1) is 11.3. The predicted molar refractivity (Wildman–Crippen MR) is 97.2 cm³/mol. The van der Waals surface area contributed by atoms with Crippen molar-refractivity contribution in [3.63, 3.8) is 0 Å². The fourth-order valence-electron chi connectivity index (χ4n) is 1.97. The number of anilines is 1. The lowest BCUT2D eigenvalue weighted by molar-refractivity contribution is -0.138. The van der Waals surface area contributed by atoms with E-state index in [2.05, 4.69) is 10.6 Å². The van der Waals surface area contributed by atoms with Crippen LogP contribution in [-0.4, -0.2) is 11.8 Å². The van der Waals surface area contributed by atoms with Gasteiger partial charge >= 0.3 is 0 Å². The minimum absolute atomic E-state index is 0.355. The molecule has 0 aliphatic heterocycles. The Hall–Kier alpha value is -2.04. The van der Waals surface area contributed by atoms with Gasteiger partial charge in [0, 0.05) is 11.6 Å². The fourth-order valence-corrected chi connectivity index (χ4v) is 2.31. The highest BCUT2D eigenvalue weighted by Gasteiger charge is 2.36. The molecule has 4 nitrogen and oxygen atoms in total. The second-order valence-electron chi connectivity index (χ2n) is 5.87. The van der Waals surface area contributed by atoms with Crippen LogP contribution < -0.4 is 10.6 Å². The van der Waals surface area contributed by atoms with Crippen LogP contribution >= 0.6 is 23.2 Å². The third-order valence-corrected chi connectivity index (χ3v) is 4.17. The first kappa shape index (κ1) is 18.3. The molecule has 0 unspecified atom stereocenters. The molecule has 0 bridgehead atoms. The molecule has 24 heavy (non-hydrogen) atoms. The molecule has 2 aromatic carbocycles.